The van der Waals surface area contributed by atoms with Crippen LogP contribution in [0, 0.1) is 0 Å². The SMILES string of the molecule is CC/C(C(=O)OOC(=O)/C(C)=C1\CCCCN1)=C1\CCCCN1. The minimum atomic E-state index is -0.611. The van der Waals surface area contributed by atoms with Crippen LogP contribution >= 0.6 is 0 Å². The van der Waals surface area contributed by atoms with Gasteiger partial charge in [0, 0.05) is 24.5 Å². The van der Waals surface area contributed by atoms with E-state index in [1.807, 2.05) is 6.92 Å². The summed E-state index contributed by atoms with van der Waals surface area (Å²) in [5, 5.41) is 6.42. The van der Waals surface area contributed by atoms with Crippen LogP contribution < -0.4 is 10.6 Å². The highest BCUT2D eigenvalue weighted by Gasteiger charge is 2.21. The lowest BCUT2D eigenvalue weighted by atomic mass is 10.0. The van der Waals surface area contributed by atoms with Crippen molar-refractivity contribution in [3.63, 3.8) is 0 Å². The molecule has 2 saturated heterocycles. The molecular weight excluding hydrogens is 296 g/mol. The topological polar surface area (TPSA) is 76.7 Å². The Morgan fingerprint density at radius 1 is 0.913 bits per heavy atom. The predicted octanol–water partition coefficient (Wildman–Crippen LogP) is 2.47. The number of carbonyl (C=O) groups excluding carboxylic acids is 2. The Labute approximate surface area is 137 Å². The fourth-order valence-electron chi connectivity index (χ4n) is 2.88. The normalized spacial score (nSPS) is 22.3. The summed E-state index contributed by atoms with van der Waals surface area (Å²) in [7, 11) is 0. The Bertz CT molecular complexity index is 507. The van der Waals surface area contributed by atoms with Crippen molar-refractivity contribution >= 4 is 11.9 Å². The second-order valence-corrected chi connectivity index (χ2v) is 5.92. The maximum atomic E-state index is 12.1. The van der Waals surface area contributed by atoms with E-state index in [4.69, 9.17) is 9.78 Å². The van der Waals surface area contributed by atoms with Gasteiger partial charge in [-0.25, -0.2) is 19.4 Å². The molecule has 2 fully saturated rings. The lowest BCUT2D eigenvalue weighted by Gasteiger charge is -2.20. The molecule has 0 atom stereocenters. The van der Waals surface area contributed by atoms with Crippen LogP contribution in [-0.2, 0) is 19.4 Å². The van der Waals surface area contributed by atoms with E-state index in [9.17, 15) is 9.59 Å². The Balaban J connectivity index is 1.93. The molecule has 6 heteroatoms. The minimum Gasteiger partial charge on any atom is -0.388 e. The molecule has 0 radical (unpaired) electrons. The highest BCUT2D eigenvalue weighted by molar-refractivity contribution is 5.91. The summed E-state index contributed by atoms with van der Waals surface area (Å²) in [6, 6.07) is 0. The third-order valence-electron chi connectivity index (χ3n) is 4.30. The fraction of sp³-hybridized carbons (Fsp3) is 0.647. The third kappa shape index (κ3) is 4.74. The second-order valence-electron chi connectivity index (χ2n) is 5.92. The van der Waals surface area contributed by atoms with Crippen LogP contribution in [0.3, 0.4) is 0 Å². The highest BCUT2D eigenvalue weighted by atomic mass is 17.2. The molecule has 2 N–H and O–H groups in total. The molecule has 0 aromatic carbocycles. The van der Waals surface area contributed by atoms with Gasteiger partial charge in [-0.05, 0) is 51.9 Å². The standard InChI is InChI=1S/C17H26N2O4/c1-3-13(15-9-5-7-11-19-15)17(21)23-22-16(20)12(2)14-8-4-6-10-18-14/h18-19H,3-11H2,1-2H3/b14-12+,15-13-. The predicted molar refractivity (Wildman–Crippen MR) is 85.9 cm³/mol. The van der Waals surface area contributed by atoms with E-state index in [1.165, 1.54) is 0 Å². The van der Waals surface area contributed by atoms with Gasteiger partial charge >= 0.3 is 11.9 Å². The van der Waals surface area contributed by atoms with Crippen molar-refractivity contribution in [1.82, 2.24) is 10.6 Å². The smallest absolute Gasteiger partial charge is 0.384 e. The molecule has 0 aliphatic carbocycles. The van der Waals surface area contributed by atoms with Gasteiger partial charge < -0.3 is 10.6 Å². The van der Waals surface area contributed by atoms with Gasteiger partial charge in [-0.3, -0.25) is 0 Å². The van der Waals surface area contributed by atoms with Crippen LogP contribution in [0.25, 0.3) is 0 Å². The van der Waals surface area contributed by atoms with Crippen molar-refractivity contribution in [2.75, 3.05) is 13.1 Å². The Hall–Kier alpha value is -1.98. The van der Waals surface area contributed by atoms with Crippen LogP contribution in [0.5, 0.6) is 0 Å². The van der Waals surface area contributed by atoms with Gasteiger partial charge in [0.15, 0.2) is 0 Å². The molecule has 0 aromatic heterocycles. The number of nitrogens with one attached hydrogen (secondary N) is 2. The summed E-state index contributed by atoms with van der Waals surface area (Å²) in [5.41, 5.74) is 2.81. The van der Waals surface area contributed by atoms with Crippen LogP contribution in [0.15, 0.2) is 22.5 Å². The van der Waals surface area contributed by atoms with Crippen molar-refractivity contribution in [3.8, 4) is 0 Å². The summed E-state index contributed by atoms with van der Waals surface area (Å²) in [6.45, 7) is 5.30. The molecule has 2 aliphatic heterocycles. The molecule has 0 amide bonds. The zero-order chi connectivity index (χ0) is 16.7. The molecule has 0 unspecified atom stereocenters. The maximum absolute atomic E-state index is 12.1. The van der Waals surface area contributed by atoms with Gasteiger partial charge in [-0.2, -0.15) is 0 Å². The average Bonchev–Trinajstić information content (AvgIpc) is 2.61. The zero-order valence-electron chi connectivity index (χ0n) is 14.0. The van der Waals surface area contributed by atoms with E-state index in [2.05, 4.69) is 10.6 Å². The molecule has 0 saturated carbocycles. The number of piperidine rings is 2. The largest absolute Gasteiger partial charge is 0.388 e. The second kappa shape index (κ2) is 8.60. The Kier molecular flexibility index (Phi) is 6.50. The van der Waals surface area contributed by atoms with Crippen molar-refractivity contribution in [2.24, 2.45) is 0 Å². The summed E-state index contributed by atoms with van der Waals surface area (Å²) in [4.78, 5) is 33.7. The molecule has 2 heterocycles. The Morgan fingerprint density at radius 2 is 1.48 bits per heavy atom. The lowest BCUT2D eigenvalue weighted by Crippen LogP contribution is -2.26. The first kappa shape index (κ1) is 17.4. The molecular formula is C17H26N2O4. The maximum Gasteiger partial charge on any atom is 0.384 e. The van der Waals surface area contributed by atoms with E-state index in [1.54, 1.807) is 6.92 Å². The van der Waals surface area contributed by atoms with E-state index in [0.717, 1.165) is 63.0 Å². The van der Waals surface area contributed by atoms with Gasteiger partial charge in [0.25, 0.3) is 0 Å². The van der Waals surface area contributed by atoms with Crippen molar-refractivity contribution < 1.29 is 19.4 Å². The summed E-state index contributed by atoms with van der Waals surface area (Å²) >= 11 is 0. The van der Waals surface area contributed by atoms with E-state index in [-0.39, 0.29) is 0 Å². The average molecular weight is 322 g/mol. The van der Waals surface area contributed by atoms with Crippen LogP contribution in [0.1, 0.15) is 58.8 Å². The first-order chi connectivity index (χ1) is 11.1. The minimum absolute atomic E-state index is 0.471. The molecule has 0 bridgehead atoms. The molecule has 2 aliphatic rings. The number of rotatable bonds is 3. The number of carbonyl (C=O) groups is 2. The Morgan fingerprint density at radius 3 is 2.00 bits per heavy atom. The first-order valence-electron chi connectivity index (χ1n) is 8.46. The lowest BCUT2D eigenvalue weighted by molar-refractivity contribution is -0.252. The van der Waals surface area contributed by atoms with E-state index < -0.39 is 11.9 Å². The third-order valence-corrected chi connectivity index (χ3v) is 4.30. The molecule has 0 spiro atoms. The summed E-state index contributed by atoms with van der Waals surface area (Å²) in [6.07, 6.45) is 6.49. The number of hydrogen-bond acceptors (Lipinski definition) is 6. The zero-order valence-corrected chi connectivity index (χ0v) is 14.0. The van der Waals surface area contributed by atoms with Crippen molar-refractivity contribution in [2.45, 2.75) is 58.8 Å². The quantitative estimate of drug-likeness (QED) is 0.472. The molecule has 23 heavy (non-hydrogen) atoms. The van der Waals surface area contributed by atoms with Gasteiger partial charge in [0.2, 0.25) is 0 Å². The van der Waals surface area contributed by atoms with Gasteiger partial charge in [-0.15, -0.1) is 0 Å². The van der Waals surface area contributed by atoms with E-state index in [0.29, 0.717) is 17.6 Å². The fourth-order valence-corrected chi connectivity index (χ4v) is 2.88. The van der Waals surface area contributed by atoms with Crippen molar-refractivity contribution in [3.05, 3.63) is 22.5 Å². The summed E-state index contributed by atoms with van der Waals surface area (Å²) < 4.78 is 0. The van der Waals surface area contributed by atoms with Gasteiger partial charge in [-0.1, -0.05) is 6.92 Å². The molecule has 6 nitrogen and oxygen atoms in total. The number of hydrogen-bond donors (Lipinski definition) is 2. The first-order valence-corrected chi connectivity index (χ1v) is 8.46. The van der Waals surface area contributed by atoms with Crippen LogP contribution in [-0.4, -0.2) is 25.0 Å². The van der Waals surface area contributed by atoms with Crippen LogP contribution in [0.2, 0.25) is 0 Å². The number of allylic oxidation sites excluding steroid dienone is 2. The highest BCUT2D eigenvalue weighted by Crippen LogP contribution is 2.19. The van der Waals surface area contributed by atoms with E-state index >= 15 is 0 Å². The summed E-state index contributed by atoms with van der Waals surface area (Å²) in [5.74, 6) is -1.19. The van der Waals surface area contributed by atoms with Gasteiger partial charge in [0.05, 0.1) is 11.1 Å². The molecule has 2 rings (SSSR count). The van der Waals surface area contributed by atoms with Gasteiger partial charge in [0.1, 0.15) is 0 Å². The molecule has 128 valence electrons. The van der Waals surface area contributed by atoms with Crippen molar-refractivity contribution in [1.29, 1.82) is 0 Å². The molecule has 0 aromatic rings. The van der Waals surface area contributed by atoms with Crippen LogP contribution in [0.4, 0.5) is 0 Å². The monoisotopic (exact) mass is 322 g/mol.